The molecule has 3 aromatic rings. The standard InChI is InChI=1S/C18H18N6/c19-16-8-12(6-7-15(16)18(20)21)13-9-23-17(24-10-13)11-22-14-4-2-1-3-5-14/h1-10,22H,11,19H2,(H3,20,21). The highest BCUT2D eigenvalue weighted by molar-refractivity contribution is 6.00. The average molecular weight is 318 g/mol. The molecule has 0 aliphatic rings. The molecule has 120 valence electrons. The Bertz CT molecular complexity index is 843. The summed E-state index contributed by atoms with van der Waals surface area (Å²) in [5.41, 5.74) is 15.2. The van der Waals surface area contributed by atoms with E-state index in [2.05, 4.69) is 15.3 Å². The van der Waals surface area contributed by atoms with E-state index in [4.69, 9.17) is 16.9 Å². The van der Waals surface area contributed by atoms with Crippen LogP contribution in [0.4, 0.5) is 11.4 Å². The van der Waals surface area contributed by atoms with E-state index in [1.165, 1.54) is 0 Å². The third-order valence-corrected chi connectivity index (χ3v) is 3.60. The lowest BCUT2D eigenvalue weighted by molar-refractivity contribution is 0.950. The molecule has 0 bridgehead atoms. The van der Waals surface area contributed by atoms with Gasteiger partial charge in [0.25, 0.3) is 0 Å². The van der Waals surface area contributed by atoms with Crippen molar-refractivity contribution in [1.29, 1.82) is 5.41 Å². The van der Waals surface area contributed by atoms with Crippen molar-refractivity contribution < 1.29 is 0 Å². The maximum atomic E-state index is 7.46. The first-order valence-corrected chi connectivity index (χ1v) is 7.47. The minimum absolute atomic E-state index is 0.0439. The molecule has 6 nitrogen and oxygen atoms in total. The molecule has 24 heavy (non-hydrogen) atoms. The van der Waals surface area contributed by atoms with E-state index in [9.17, 15) is 0 Å². The van der Waals surface area contributed by atoms with Gasteiger partial charge in [0.15, 0.2) is 0 Å². The summed E-state index contributed by atoms with van der Waals surface area (Å²) in [6.45, 7) is 0.551. The van der Waals surface area contributed by atoms with Crippen LogP contribution in [0.3, 0.4) is 0 Å². The van der Waals surface area contributed by atoms with Crippen molar-refractivity contribution in [2.75, 3.05) is 11.1 Å². The lowest BCUT2D eigenvalue weighted by Gasteiger charge is -2.08. The van der Waals surface area contributed by atoms with E-state index in [1.807, 2.05) is 36.4 Å². The van der Waals surface area contributed by atoms with E-state index in [0.29, 0.717) is 23.6 Å². The van der Waals surface area contributed by atoms with E-state index >= 15 is 0 Å². The zero-order chi connectivity index (χ0) is 16.9. The molecule has 0 radical (unpaired) electrons. The third kappa shape index (κ3) is 3.49. The van der Waals surface area contributed by atoms with Crippen LogP contribution in [0.1, 0.15) is 11.4 Å². The minimum Gasteiger partial charge on any atom is -0.398 e. The number of benzene rings is 2. The Balaban J connectivity index is 1.72. The number of nitrogens with zero attached hydrogens (tertiary/aromatic N) is 2. The van der Waals surface area contributed by atoms with E-state index in [1.54, 1.807) is 24.5 Å². The van der Waals surface area contributed by atoms with Gasteiger partial charge in [-0.2, -0.15) is 0 Å². The largest absolute Gasteiger partial charge is 0.398 e. The van der Waals surface area contributed by atoms with Crippen LogP contribution < -0.4 is 16.8 Å². The molecular formula is C18H18N6. The van der Waals surface area contributed by atoms with E-state index < -0.39 is 0 Å². The van der Waals surface area contributed by atoms with E-state index in [0.717, 1.165) is 16.8 Å². The SMILES string of the molecule is N=C(N)c1ccc(-c2cnc(CNc3ccccc3)nc2)cc1N. The van der Waals surface area contributed by atoms with Gasteiger partial charge in [-0.05, 0) is 29.8 Å². The Morgan fingerprint density at radius 1 is 1.00 bits per heavy atom. The Labute approximate surface area is 140 Å². The number of hydrogen-bond donors (Lipinski definition) is 4. The van der Waals surface area contributed by atoms with Gasteiger partial charge in [0.2, 0.25) is 0 Å². The van der Waals surface area contributed by atoms with Gasteiger partial charge in [-0.15, -0.1) is 0 Å². The van der Waals surface area contributed by atoms with Crippen LogP contribution in [0.15, 0.2) is 60.9 Å². The van der Waals surface area contributed by atoms with Crippen molar-refractivity contribution in [2.24, 2.45) is 5.73 Å². The summed E-state index contributed by atoms with van der Waals surface area (Å²) >= 11 is 0. The maximum Gasteiger partial charge on any atom is 0.147 e. The number of hydrogen-bond acceptors (Lipinski definition) is 5. The van der Waals surface area contributed by atoms with Gasteiger partial charge in [0.1, 0.15) is 11.7 Å². The summed E-state index contributed by atoms with van der Waals surface area (Å²) in [7, 11) is 0. The monoisotopic (exact) mass is 318 g/mol. The summed E-state index contributed by atoms with van der Waals surface area (Å²) in [4.78, 5) is 8.75. The molecule has 1 heterocycles. The van der Waals surface area contributed by atoms with Crippen LogP contribution in [0.2, 0.25) is 0 Å². The van der Waals surface area contributed by atoms with Crippen LogP contribution in [0.5, 0.6) is 0 Å². The Morgan fingerprint density at radius 2 is 1.71 bits per heavy atom. The van der Waals surface area contributed by atoms with Gasteiger partial charge < -0.3 is 16.8 Å². The number of para-hydroxylation sites is 1. The van der Waals surface area contributed by atoms with Crippen molar-refractivity contribution in [3.05, 3.63) is 72.3 Å². The van der Waals surface area contributed by atoms with Gasteiger partial charge in [-0.1, -0.05) is 24.3 Å². The quantitative estimate of drug-likeness (QED) is 0.328. The fourth-order valence-electron chi connectivity index (χ4n) is 2.32. The van der Waals surface area contributed by atoms with Crippen molar-refractivity contribution in [2.45, 2.75) is 6.54 Å². The first-order valence-electron chi connectivity index (χ1n) is 7.47. The van der Waals surface area contributed by atoms with Gasteiger partial charge in [-0.3, -0.25) is 5.41 Å². The first-order chi connectivity index (χ1) is 11.6. The molecule has 0 spiro atoms. The smallest absolute Gasteiger partial charge is 0.147 e. The molecule has 0 saturated carbocycles. The predicted molar refractivity (Wildman–Crippen MR) is 96.7 cm³/mol. The molecule has 2 aromatic carbocycles. The zero-order valence-electron chi connectivity index (χ0n) is 13.0. The summed E-state index contributed by atoms with van der Waals surface area (Å²) in [5, 5.41) is 10.7. The van der Waals surface area contributed by atoms with Crippen LogP contribution >= 0.6 is 0 Å². The van der Waals surface area contributed by atoms with Gasteiger partial charge in [-0.25, -0.2) is 9.97 Å². The molecule has 1 aromatic heterocycles. The highest BCUT2D eigenvalue weighted by Gasteiger charge is 2.06. The Hall–Kier alpha value is -3.41. The first kappa shape index (κ1) is 15.5. The molecule has 6 heteroatoms. The topological polar surface area (TPSA) is 114 Å². The molecule has 0 aliphatic carbocycles. The second-order valence-electron chi connectivity index (χ2n) is 5.32. The van der Waals surface area contributed by atoms with Crippen molar-refractivity contribution >= 4 is 17.2 Å². The number of amidine groups is 1. The molecule has 0 fully saturated rings. The van der Waals surface area contributed by atoms with Crippen LogP contribution in [0.25, 0.3) is 11.1 Å². The number of nitrogens with two attached hydrogens (primary N) is 2. The van der Waals surface area contributed by atoms with Crippen LogP contribution in [0, 0.1) is 5.41 Å². The number of anilines is 2. The number of rotatable bonds is 5. The molecule has 6 N–H and O–H groups in total. The second-order valence-corrected chi connectivity index (χ2v) is 5.32. The second kappa shape index (κ2) is 6.78. The molecule has 0 saturated heterocycles. The van der Waals surface area contributed by atoms with Gasteiger partial charge in [0, 0.05) is 34.9 Å². The van der Waals surface area contributed by atoms with Crippen molar-refractivity contribution in [1.82, 2.24) is 9.97 Å². The van der Waals surface area contributed by atoms with Gasteiger partial charge in [0.05, 0.1) is 6.54 Å². The Morgan fingerprint density at radius 3 is 2.33 bits per heavy atom. The maximum absolute atomic E-state index is 7.46. The normalized spacial score (nSPS) is 10.3. The molecule has 0 unspecified atom stereocenters. The number of aromatic nitrogens is 2. The third-order valence-electron chi connectivity index (χ3n) is 3.60. The summed E-state index contributed by atoms with van der Waals surface area (Å²) in [6.07, 6.45) is 3.52. The lowest BCUT2D eigenvalue weighted by Crippen LogP contribution is -2.13. The van der Waals surface area contributed by atoms with Gasteiger partial charge >= 0.3 is 0 Å². The Kier molecular flexibility index (Phi) is 4.38. The summed E-state index contributed by atoms with van der Waals surface area (Å²) < 4.78 is 0. The minimum atomic E-state index is -0.0439. The summed E-state index contributed by atoms with van der Waals surface area (Å²) in [5.74, 6) is 0.661. The highest BCUT2D eigenvalue weighted by atomic mass is 15.0. The molecule has 0 amide bonds. The lowest BCUT2D eigenvalue weighted by atomic mass is 10.0. The van der Waals surface area contributed by atoms with E-state index in [-0.39, 0.29) is 5.84 Å². The fourth-order valence-corrected chi connectivity index (χ4v) is 2.32. The average Bonchev–Trinajstić information content (AvgIpc) is 2.61. The molecule has 0 aliphatic heterocycles. The van der Waals surface area contributed by atoms with Crippen molar-refractivity contribution in [3.8, 4) is 11.1 Å². The number of nitrogen functional groups attached to an aromatic ring is 2. The molecule has 0 atom stereocenters. The number of nitrogens with one attached hydrogen (secondary N) is 2. The van der Waals surface area contributed by atoms with Crippen LogP contribution in [-0.4, -0.2) is 15.8 Å². The fraction of sp³-hybridized carbons (Fsp3) is 0.0556. The summed E-state index contributed by atoms with van der Waals surface area (Å²) in [6, 6.07) is 15.3. The zero-order valence-corrected chi connectivity index (χ0v) is 13.0. The molecule has 3 rings (SSSR count). The highest BCUT2D eigenvalue weighted by Crippen LogP contribution is 2.23. The predicted octanol–water partition coefficient (Wildman–Crippen LogP) is 2.62. The van der Waals surface area contributed by atoms with Crippen LogP contribution in [-0.2, 0) is 6.54 Å². The van der Waals surface area contributed by atoms with Crippen molar-refractivity contribution in [3.63, 3.8) is 0 Å². The molecular weight excluding hydrogens is 300 g/mol.